The van der Waals surface area contributed by atoms with Gasteiger partial charge in [0.1, 0.15) is 5.76 Å². The Morgan fingerprint density at radius 2 is 1.75 bits per heavy atom. The highest BCUT2D eigenvalue weighted by molar-refractivity contribution is 5.92. The molecular formula is C21H26N4O3. The average Bonchev–Trinajstić information content (AvgIpc) is 3.23. The van der Waals surface area contributed by atoms with Crippen molar-refractivity contribution in [3.05, 3.63) is 42.2 Å². The number of nitrogens with zero attached hydrogens (tertiary/aromatic N) is 2. The topological polar surface area (TPSA) is 77.8 Å². The van der Waals surface area contributed by atoms with E-state index in [2.05, 4.69) is 22.6 Å². The van der Waals surface area contributed by atoms with E-state index in [4.69, 9.17) is 4.42 Å². The van der Waals surface area contributed by atoms with E-state index in [-0.39, 0.29) is 11.9 Å². The summed E-state index contributed by atoms with van der Waals surface area (Å²) in [4.78, 5) is 28.8. The van der Waals surface area contributed by atoms with Crippen LogP contribution >= 0.6 is 0 Å². The summed E-state index contributed by atoms with van der Waals surface area (Å²) in [5, 5.41) is 5.45. The minimum Gasteiger partial charge on any atom is -0.451 e. The monoisotopic (exact) mass is 382 g/mol. The average molecular weight is 382 g/mol. The molecule has 148 valence electrons. The third kappa shape index (κ3) is 3.62. The van der Waals surface area contributed by atoms with Gasteiger partial charge in [-0.05, 0) is 63.2 Å². The van der Waals surface area contributed by atoms with Gasteiger partial charge in [-0.2, -0.15) is 0 Å². The molecule has 2 fully saturated rings. The van der Waals surface area contributed by atoms with Crippen molar-refractivity contribution in [2.45, 2.75) is 31.8 Å². The summed E-state index contributed by atoms with van der Waals surface area (Å²) in [6.45, 7) is 3.97. The van der Waals surface area contributed by atoms with Gasteiger partial charge in [-0.25, -0.2) is 4.79 Å². The van der Waals surface area contributed by atoms with Crippen LogP contribution in [0.15, 0.2) is 40.8 Å². The molecular weight excluding hydrogens is 356 g/mol. The second-order valence-electron chi connectivity index (χ2n) is 7.49. The van der Waals surface area contributed by atoms with Crippen LogP contribution in [-0.4, -0.2) is 60.5 Å². The number of urea groups is 1. The first-order valence-electron chi connectivity index (χ1n) is 9.81. The van der Waals surface area contributed by atoms with Crippen molar-refractivity contribution in [2.24, 2.45) is 0 Å². The minimum atomic E-state index is -0.234. The standard InChI is InChI=1S/C21H26N4O3/c1-3-22-21(27)23-15-6-4-14(5-7-15)18-10-11-19(28-18)20(26)25-12-16-8-9-17(13-25)24(16)2/h4-7,10-11,16-17H,3,8-9,12-13H2,1-2H3,(H2,22,23,27). The summed E-state index contributed by atoms with van der Waals surface area (Å²) in [6.07, 6.45) is 2.32. The van der Waals surface area contributed by atoms with E-state index in [0.717, 1.165) is 31.5 Å². The second-order valence-corrected chi connectivity index (χ2v) is 7.49. The molecule has 7 nitrogen and oxygen atoms in total. The first-order chi connectivity index (χ1) is 13.5. The molecule has 1 aromatic carbocycles. The number of benzene rings is 1. The number of likely N-dealkylation sites (tertiary alicyclic amines) is 1. The van der Waals surface area contributed by atoms with Gasteiger partial charge < -0.3 is 20.0 Å². The maximum Gasteiger partial charge on any atom is 0.319 e. The molecule has 2 atom stereocenters. The molecule has 2 saturated heterocycles. The van der Waals surface area contributed by atoms with Crippen molar-refractivity contribution in [3.63, 3.8) is 0 Å². The fourth-order valence-electron chi connectivity index (χ4n) is 4.10. The van der Waals surface area contributed by atoms with Crippen LogP contribution in [-0.2, 0) is 0 Å². The molecule has 3 heterocycles. The van der Waals surface area contributed by atoms with Crippen molar-refractivity contribution >= 4 is 17.6 Å². The highest BCUT2D eigenvalue weighted by Crippen LogP contribution is 2.30. The Kier molecular flexibility index (Phi) is 5.09. The largest absolute Gasteiger partial charge is 0.451 e. The number of fused-ring (bicyclic) bond motifs is 2. The Hall–Kier alpha value is -2.80. The van der Waals surface area contributed by atoms with E-state index < -0.39 is 0 Å². The zero-order valence-corrected chi connectivity index (χ0v) is 16.3. The molecule has 7 heteroatoms. The number of piperazine rings is 1. The molecule has 3 amide bonds. The lowest BCUT2D eigenvalue weighted by Gasteiger charge is -2.38. The Bertz CT molecular complexity index is 847. The fourth-order valence-corrected chi connectivity index (χ4v) is 4.10. The third-order valence-electron chi connectivity index (χ3n) is 5.72. The number of likely N-dealkylation sites (N-methyl/N-ethyl adjacent to an activating group) is 1. The van der Waals surface area contributed by atoms with Gasteiger partial charge in [0.25, 0.3) is 5.91 Å². The molecule has 0 saturated carbocycles. The van der Waals surface area contributed by atoms with Crippen molar-refractivity contribution < 1.29 is 14.0 Å². The lowest BCUT2D eigenvalue weighted by molar-refractivity contribution is 0.0496. The van der Waals surface area contributed by atoms with Crippen LogP contribution in [0.3, 0.4) is 0 Å². The summed E-state index contributed by atoms with van der Waals surface area (Å²) in [7, 11) is 2.15. The van der Waals surface area contributed by atoms with Crippen molar-refractivity contribution in [3.8, 4) is 11.3 Å². The van der Waals surface area contributed by atoms with Crippen LogP contribution in [0.4, 0.5) is 10.5 Å². The van der Waals surface area contributed by atoms with E-state index in [1.165, 1.54) is 0 Å². The number of anilines is 1. The normalized spacial score (nSPS) is 21.6. The molecule has 2 aromatic rings. The van der Waals surface area contributed by atoms with Crippen LogP contribution in [0, 0.1) is 0 Å². The van der Waals surface area contributed by atoms with Crippen molar-refractivity contribution in [1.82, 2.24) is 15.1 Å². The first-order valence-corrected chi connectivity index (χ1v) is 9.81. The van der Waals surface area contributed by atoms with Gasteiger partial charge in [-0.1, -0.05) is 0 Å². The van der Waals surface area contributed by atoms with E-state index in [1.807, 2.05) is 42.2 Å². The fraction of sp³-hybridized carbons (Fsp3) is 0.429. The molecule has 2 aliphatic heterocycles. The van der Waals surface area contributed by atoms with E-state index >= 15 is 0 Å². The maximum absolute atomic E-state index is 12.9. The van der Waals surface area contributed by atoms with Gasteiger partial charge in [-0.15, -0.1) is 0 Å². The molecule has 0 spiro atoms. The summed E-state index contributed by atoms with van der Waals surface area (Å²) in [5.41, 5.74) is 1.56. The number of amides is 3. The second kappa shape index (κ2) is 7.67. The molecule has 2 unspecified atom stereocenters. The Morgan fingerprint density at radius 1 is 1.07 bits per heavy atom. The van der Waals surface area contributed by atoms with Crippen LogP contribution in [0.25, 0.3) is 11.3 Å². The highest BCUT2D eigenvalue weighted by atomic mass is 16.4. The van der Waals surface area contributed by atoms with Gasteiger partial charge in [-0.3, -0.25) is 9.69 Å². The smallest absolute Gasteiger partial charge is 0.319 e. The van der Waals surface area contributed by atoms with Crippen LogP contribution < -0.4 is 10.6 Å². The number of hydrogen-bond acceptors (Lipinski definition) is 4. The molecule has 2 aliphatic rings. The molecule has 28 heavy (non-hydrogen) atoms. The van der Waals surface area contributed by atoms with E-state index in [9.17, 15) is 9.59 Å². The third-order valence-corrected chi connectivity index (χ3v) is 5.72. The summed E-state index contributed by atoms with van der Waals surface area (Å²) < 4.78 is 5.86. The predicted octanol–water partition coefficient (Wildman–Crippen LogP) is 3.01. The molecule has 1 aromatic heterocycles. The number of carbonyl (C=O) groups is 2. The molecule has 2 bridgehead atoms. The Morgan fingerprint density at radius 3 is 2.39 bits per heavy atom. The lowest BCUT2D eigenvalue weighted by Crippen LogP contribution is -2.53. The Balaban J connectivity index is 1.43. The van der Waals surface area contributed by atoms with Gasteiger partial charge in [0.2, 0.25) is 0 Å². The highest BCUT2D eigenvalue weighted by Gasteiger charge is 2.39. The van der Waals surface area contributed by atoms with Crippen LogP contribution in [0.2, 0.25) is 0 Å². The van der Waals surface area contributed by atoms with Crippen LogP contribution in [0.1, 0.15) is 30.3 Å². The van der Waals surface area contributed by atoms with Crippen LogP contribution in [0.5, 0.6) is 0 Å². The zero-order chi connectivity index (χ0) is 19.7. The number of furan rings is 1. The number of nitrogens with one attached hydrogen (secondary N) is 2. The zero-order valence-electron chi connectivity index (χ0n) is 16.3. The molecule has 2 N–H and O–H groups in total. The van der Waals surface area contributed by atoms with E-state index in [1.54, 1.807) is 6.07 Å². The molecule has 0 radical (unpaired) electrons. The van der Waals surface area contributed by atoms with Crippen molar-refractivity contribution in [2.75, 3.05) is 32.0 Å². The number of rotatable bonds is 4. The van der Waals surface area contributed by atoms with Crippen molar-refractivity contribution in [1.29, 1.82) is 0 Å². The van der Waals surface area contributed by atoms with Gasteiger partial charge in [0.15, 0.2) is 5.76 Å². The predicted molar refractivity (Wildman–Crippen MR) is 107 cm³/mol. The number of hydrogen-bond donors (Lipinski definition) is 2. The lowest BCUT2D eigenvalue weighted by atomic mass is 10.1. The van der Waals surface area contributed by atoms with Gasteiger partial charge in [0, 0.05) is 43.0 Å². The van der Waals surface area contributed by atoms with Gasteiger partial charge in [0.05, 0.1) is 0 Å². The Labute approximate surface area is 164 Å². The maximum atomic E-state index is 12.9. The SMILES string of the molecule is CCNC(=O)Nc1ccc(-c2ccc(C(=O)N3CC4CCC(C3)N4C)o2)cc1. The number of carbonyl (C=O) groups excluding carboxylic acids is 2. The minimum absolute atomic E-state index is 0.0363. The quantitative estimate of drug-likeness (QED) is 0.852. The van der Waals surface area contributed by atoms with Gasteiger partial charge >= 0.3 is 6.03 Å². The molecule has 4 rings (SSSR count). The summed E-state index contributed by atoms with van der Waals surface area (Å²) in [6, 6.07) is 11.6. The van der Waals surface area contributed by atoms with E-state index in [0.29, 0.717) is 35.8 Å². The molecule has 0 aliphatic carbocycles. The summed E-state index contributed by atoms with van der Waals surface area (Å²) >= 11 is 0. The summed E-state index contributed by atoms with van der Waals surface area (Å²) in [5.74, 6) is 0.985. The first kappa shape index (κ1) is 18.6.